The molecular weight excluding hydrogens is 335 g/mol. The average Bonchev–Trinajstić information content (AvgIpc) is 2.83. The molecule has 1 amide bonds. The number of hydrogen-bond donors (Lipinski definition) is 2. The zero-order chi connectivity index (χ0) is 15.2. The Morgan fingerprint density at radius 3 is 2.57 bits per heavy atom. The number of aromatic nitrogens is 2. The molecule has 2 N–H and O–H groups in total. The first-order chi connectivity index (χ1) is 10.1. The first-order valence-corrected chi connectivity index (χ1v) is 7.50. The number of carbonyl (C=O) groups is 1. The Morgan fingerprint density at radius 1 is 1.22 bits per heavy atom. The number of rotatable bonds is 7. The van der Waals surface area contributed by atoms with Gasteiger partial charge in [0.05, 0.1) is 11.0 Å². The quantitative estimate of drug-likeness (QED) is 0.797. The SMILES string of the molecule is CNCCC(=O)NCCc1nc2ccccc2n1C(C)C.Cl.Cl. The van der Waals surface area contributed by atoms with Crippen LogP contribution in [-0.4, -0.2) is 35.6 Å². The van der Waals surface area contributed by atoms with Crippen LogP contribution in [0.3, 0.4) is 0 Å². The lowest BCUT2D eigenvalue weighted by Crippen LogP contribution is -2.29. The molecule has 0 bridgehead atoms. The Bertz CT molecular complexity index is 613. The topological polar surface area (TPSA) is 59.0 Å². The minimum Gasteiger partial charge on any atom is -0.356 e. The molecule has 0 aliphatic carbocycles. The summed E-state index contributed by atoms with van der Waals surface area (Å²) in [7, 11) is 1.85. The van der Waals surface area contributed by atoms with Crippen LogP contribution >= 0.6 is 24.8 Å². The zero-order valence-corrected chi connectivity index (χ0v) is 15.5. The number of para-hydroxylation sites is 2. The Kier molecular flexibility index (Phi) is 9.88. The van der Waals surface area contributed by atoms with Crippen LogP contribution in [0.15, 0.2) is 24.3 Å². The maximum Gasteiger partial charge on any atom is 0.221 e. The number of hydrogen-bond acceptors (Lipinski definition) is 3. The van der Waals surface area contributed by atoms with Crippen molar-refractivity contribution < 1.29 is 4.79 Å². The molecule has 1 aromatic heterocycles. The lowest BCUT2D eigenvalue weighted by atomic mass is 10.3. The van der Waals surface area contributed by atoms with Crippen molar-refractivity contribution in [1.82, 2.24) is 20.2 Å². The molecule has 0 saturated heterocycles. The van der Waals surface area contributed by atoms with Crippen LogP contribution in [0.5, 0.6) is 0 Å². The first-order valence-electron chi connectivity index (χ1n) is 7.50. The van der Waals surface area contributed by atoms with Crippen molar-refractivity contribution in [1.29, 1.82) is 0 Å². The van der Waals surface area contributed by atoms with Crippen molar-refractivity contribution in [2.45, 2.75) is 32.7 Å². The van der Waals surface area contributed by atoms with Crippen LogP contribution in [0, 0.1) is 0 Å². The van der Waals surface area contributed by atoms with E-state index in [1.165, 1.54) is 0 Å². The Hall–Kier alpha value is -1.30. The summed E-state index contributed by atoms with van der Waals surface area (Å²) in [4.78, 5) is 16.3. The van der Waals surface area contributed by atoms with Crippen LogP contribution in [-0.2, 0) is 11.2 Å². The maximum absolute atomic E-state index is 11.6. The second-order valence-electron chi connectivity index (χ2n) is 5.43. The van der Waals surface area contributed by atoms with Crippen molar-refractivity contribution in [3.05, 3.63) is 30.1 Å². The molecule has 7 heteroatoms. The average molecular weight is 361 g/mol. The summed E-state index contributed by atoms with van der Waals surface area (Å²) in [6.07, 6.45) is 1.26. The fraction of sp³-hybridized carbons (Fsp3) is 0.500. The molecule has 130 valence electrons. The third-order valence-electron chi connectivity index (χ3n) is 3.46. The van der Waals surface area contributed by atoms with Gasteiger partial charge < -0.3 is 15.2 Å². The predicted octanol–water partition coefficient (Wildman–Crippen LogP) is 2.73. The number of amides is 1. The maximum atomic E-state index is 11.6. The van der Waals surface area contributed by atoms with Crippen LogP contribution in [0.2, 0.25) is 0 Å². The predicted molar refractivity (Wildman–Crippen MR) is 99.9 cm³/mol. The number of nitrogens with one attached hydrogen (secondary N) is 2. The number of halogens is 2. The zero-order valence-electron chi connectivity index (χ0n) is 13.8. The molecule has 0 aliphatic rings. The van der Waals surface area contributed by atoms with Gasteiger partial charge in [-0.15, -0.1) is 24.8 Å². The first kappa shape index (κ1) is 21.7. The van der Waals surface area contributed by atoms with Gasteiger partial charge in [-0.1, -0.05) is 12.1 Å². The second-order valence-corrected chi connectivity index (χ2v) is 5.43. The summed E-state index contributed by atoms with van der Waals surface area (Å²) >= 11 is 0. The smallest absolute Gasteiger partial charge is 0.221 e. The summed E-state index contributed by atoms with van der Waals surface area (Å²) in [5, 5.41) is 5.92. The van der Waals surface area contributed by atoms with E-state index in [0.29, 0.717) is 25.6 Å². The molecule has 2 aromatic rings. The summed E-state index contributed by atoms with van der Waals surface area (Å²) in [6.45, 7) is 5.64. The van der Waals surface area contributed by atoms with E-state index in [1.807, 2.05) is 25.2 Å². The monoisotopic (exact) mass is 360 g/mol. The van der Waals surface area contributed by atoms with Crippen molar-refractivity contribution >= 4 is 41.8 Å². The van der Waals surface area contributed by atoms with E-state index in [4.69, 9.17) is 4.98 Å². The van der Waals surface area contributed by atoms with Gasteiger partial charge in [0.2, 0.25) is 5.91 Å². The number of fused-ring (bicyclic) bond motifs is 1. The van der Waals surface area contributed by atoms with E-state index >= 15 is 0 Å². The lowest BCUT2D eigenvalue weighted by molar-refractivity contribution is -0.120. The van der Waals surface area contributed by atoms with Gasteiger partial charge in [-0.2, -0.15) is 0 Å². The molecular formula is C16H26Cl2N4O. The highest BCUT2D eigenvalue weighted by Gasteiger charge is 2.12. The third-order valence-corrected chi connectivity index (χ3v) is 3.46. The molecule has 0 aliphatic heterocycles. The van der Waals surface area contributed by atoms with E-state index in [1.54, 1.807) is 0 Å². The summed E-state index contributed by atoms with van der Waals surface area (Å²) in [5.74, 6) is 1.11. The van der Waals surface area contributed by atoms with Crippen LogP contribution in [0.1, 0.15) is 32.1 Å². The van der Waals surface area contributed by atoms with E-state index in [0.717, 1.165) is 23.3 Å². The summed E-state index contributed by atoms with van der Waals surface area (Å²) in [5.41, 5.74) is 2.17. The normalized spacial score (nSPS) is 10.3. The highest BCUT2D eigenvalue weighted by Crippen LogP contribution is 2.20. The van der Waals surface area contributed by atoms with Crippen molar-refractivity contribution in [2.75, 3.05) is 20.1 Å². The minimum absolute atomic E-state index is 0. The van der Waals surface area contributed by atoms with Gasteiger partial charge in [-0.05, 0) is 33.0 Å². The summed E-state index contributed by atoms with van der Waals surface area (Å²) in [6, 6.07) is 8.52. The molecule has 0 radical (unpaired) electrons. The van der Waals surface area contributed by atoms with Crippen molar-refractivity contribution in [3.8, 4) is 0 Å². The molecule has 0 atom stereocenters. The molecule has 1 aromatic carbocycles. The van der Waals surface area contributed by atoms with E-state index in [-0.39, 0.29) is 30.7 Å². The van der Waals surface area contributed by atoms with Gasteiger partial charge in [0.15, 0.2) is 0 Å². The number of imidazole rings is 1. The van der Waals surface area contributed by atoms with Crippen LogP contribution in [0.25, 0.3) is 11.0 Å². The van der Waals surface area contributed by atoms with Gasteiger partial charge in [-0.3, -0.25) is 4.79 Å². The number of carbonyl (C=O) groups excluding carboxylic acids is 1. The van der Waals surface area contributed by atoms with E-state index in [2.05, 4.69) is 35.1 Å². The largest absolute Gasteiger partial charge is 0.356 e. The van der Waals surface area contributed by atoms with Crippen molar-refractivity contribution in [3.63, 3.8) is 0 Å². The van der Waals surface area contributed by atoms with Gasteiger partial charge in [0.1, 0.15) is 5.82 Å². The fourth-order valence-electron chi connectivity index (χ4n) is 2.49. The third kappa shape index (κ3) is 5.68. The Morgan fingerprint density at radius 2 is 1.91 bits per heavy atom. The Labute approximate surface area is 150 Å². The standard InChI is InChI=1S/C16H24N4O.2ClH/c1-12(2)20-14-7-5-4-6-13(14)19-15(20)8-11-18-16(21)9-10-17-3;;/h4-7,12,17H,8-11H2,1-3H3,(H,18,21);2*1H. The van der Waals surface area contributed by atoms with Gasteiger partial charge >= 0.3 is 0 Å². The minimum atomic E-state index is 0. The van der Waals surface area contributed by atoms with E-state index < -0.39 is 0 Å². The molecule has 0 saturated carbocycles. The molecule has 0 fully saturated rings. The van der Waals surface area contributed by atoms with Gasteiger partial charge in [0, 0.05) is 32.0 Å². The van der Waals surface area contributed by atoms with Crippen LogP contribution < -0.4 is 10.6 Å². The van der Waals surface area contributed by atoms with Gasteiger partial charge in [0.25, 0.3) is 0 Å². The molecule has 5 nitrogen and oxygen atoms in total. The van der Waals surface area contributed by atoms with Crippen LogP contribution in [0.4, 0.5) is 0 Å². The molecule has 23 heavy (non-hydrogen) atoms. The summed E-state index contributed by atoms with van der Waals surface area (Å²) < 4.78 is 2.25. The second kappa shape index (κ2) is 10.5. The number of nitrogens with zero attached hydrogens (tertiary/aromatic N) is 2. The Balaban J connectivity index is 0.00000242. The highest BCUT2D eigenvalue weighted by molar-refractivity contribution is 5.85. The van der Waals surface area contributed by atoms with Gasteiger partial charge in [-0.25, -0.2) is 4.98 Å². The fourth-order valence-corrected chi connectivity index (χ4v) is 2.49. The van der Waals surface area contributed by atoms with E-state index in [9.17, 15) is 4.79 Å². The number of benzene rings is 1. The molecule has 2 rings (SSSR count). The molecule has 1 heterocycles. The molecule has 0 spiro atoms. The lowest BCUT2D eigenvalue weighted by Gasteiger charge is -2.13. The molecule has 0 unspecified atom stereocenters. The highest BCUT2D eigenvalue weighted by atomic mass is 35.5. The van der Waals surface area contributed by atoms with Crippen molar-refractivity contribution in [2.24, 2.45) is 0 Å².